The Labute approximate surface area is 134 Å². The summed E-state index contributed by atoms with van der Waals surface area (Å²) >= 11 is 0. The van der Waals surface area contributed by atoms with Gasteiger partial charge in [0.15, 0.2) is 0 Å². The zero-order valence-corrected chi connectivity index (χ0v) is 13.2. The van der Waals surface area contributed by atoms with Crippen molar-refractivity contribution in [1.82, 2.24) is 14.9 Å². The fraction of sp³-hybridized carbons (Fsp3) is 0.688. The molecule has 3 heterocycles. The molecule has 7 nitrogen and oxygen atoms in total. The number of morpholine rings is 1. The maximum absolute atomic E-state index is 12.2. The molecule has 1 aliphatic carbocycles. The van der Waals surface area contributed by atoms with Crippen LogP contribution in [0.15, 0.2) is 10.9 Å². The quantitative estimate of drug-likeness (QED) is 0.869. The lowest BCUT2D eigenvalue weighted by molar-refractivity contribution is -0.131. The van der Waals surface area contributed by atoms with Gasteiger partial charge in [-0.25, -0.2) is 4.98 Å². The number of rotatable bonds is 3. The summed E-state index contributed by atoms with van der Waals surface area (Å²) in [4.78, 5) is 35.7. The van der Waals surface area contributed by atoms with Gasteiger partial charge in [0.05, 0.1) is 18.9 Å². The highest BCUT2D eigenvalue weighted by atomic mass is 16.5. The van der Waals surface area contributed by atoms with Crippen LogP contribution in [0.25, 0.3) is 0 Å². The summed E-state index contributed by atoms with van der Waals surface area (Å²) < 4.78 is 5.34. The number of amides is 1. The molecule has 1 saturated carbocycles. The number of aromatic nitrogens is 2. The fourth-order valence-corrected chi connectivity index (χ4v) is 3.39. The summed E-state index contributed by atoms with van der Waals surface area (Å²) in [5, 5.41) is 0. The zero-order chi connectivity index (χ0) is 15.8. The number of aromatic amines is 1. The molecule has 1 aromatic heterocycles. The summed E-state index contributed by atoms with van der Waals surface area (Å²) in [6, 6.07) is 1.58. The molecule has 7 heteroatoms. The number of hydrogen-bond acceptors (Lipinski definition) is 5. The molecule has 2 aliphatic heterocycles. The minimum Gasteiger partial charge on any atom is -0.378 e. The molecule has 0 unspecified atom stereocenters. The minimum atomic E-state index is -0.122. The van der Waals surface area contributed by atoms with E-state index >= 15 is 0 Å². The summed E-state index contributed by atoms with van der Waals surface area (Å²) in [5.74, 6) is 1.33. The highest BCUT2D eigenvalue weighted by molar-refractivity contribution is 5.81. The number of likely N-dealkylation sites (tertiary alicyclic amines) is 1. The van der Waals surface area contributed by atoms with Crippen molar-refractivity contribution in [2.75, 3.05) is 44.3 Å². The Balaban J connectivity index is 1.51. The Hall–Kier alpha value is -1.89. The number of H-pyrrole nitrogens is 1. The molecule has 3 fully saturated rings. The van der Waals surface area contributed by atoms with Gasteiger partial charge >= 0.3 is 0 Å². The average molecular weight is 318 g/mol. The molecular formula is C16H22N4O3. The topological polar surface area (TPSA) is 78.5 Å². The van der Waals surface area contributed by atoms with Crippen molar-refractivity contribution >= 4 is 11.9 Å². The maximum Gasteiger partial charge on any atom is 0.252 e. The molecule has 23 heavy (non-hydrogen) atoms. The lowest BCUT2D eigenvalue weighted by Gasteiger charge is -2.27. The van der Waals surface area contributed by atoms with Crippen LogP contribution in [0.5, 0.6) is 0 Å². The Morgan fingerprint density at radius 3 is 2.74 bits per heavy atom. The molecule has 1 N–H and O–H groups in total. The van der Waals surface area contributed by atoms with Crippen molar-refractivity contribution in [3.8, 4) is 0 Å². The van der Waals surface area contributed by atoms with Gasteiger partial charge in [-0.15, -0.1) is 0 Å². The van der Waals surface area contributed by atoms with Gasteiger partial charge in [-0.3, -0.25) is 14.6 Å². The van der Waals surface area contributed by atoms with Crippen LogP contribution in [0.3, 0.4) is 0 Å². The normalized spacial score (nSPS) is 25.0. The predicted molar refractivity (Wildman–Crippen MR) is 84.6 cm³/mol. The van der Waals surface area contributed by atoms with E-state index in [1.165, 1.54) is 0 Å². The van der Waals surface area contributed by atoms with Gasteiger partial charge in [0, 0.05) is 44.1 Å². The predicted octanol–water partition coefficient (Wildman–Crippen LogP) is 0.332. The van der Waals surface area contributed by atoms with E-state index in [4.69, 9.17) is 4.74 Å². The number of nitrogens with zero attached hydrogens (tertiary/aromatic N) is 3. The first-order valence-electron chi connectivity index (χ1n) is 8.43. The largest absolute Gasteiger partial charge is 0.378 e. The number of nitrogens with one attached hydrogen (secondary N) is 1. The van der Waals surface area contributed by atoms with E-state index in [-0.39, 0.29) is 23.3 Å². The Morgan fingerprint density at radius 1 is 1.22 bits per heavy atom. The van der Waals surface area contributed by atoms with Crippen LogP contribution in [0.1, 0.15) is 30.9 Å². The smallest absolute Gasteiger partial charge is 0.252 e. The molecular weight excluding hydrogens is 296 g/mol. The Kier molecular flexibility index (Phi) is 3.80. The van der Waals surface area contributed by atoms with Crippen LogP contribution in [-0.4, -0.2) is 60.2 Å². The van der Waals surface area contributed by atoms with Crippen LogP contribution in [-0.2, 0) is 9.53 Å². The minimum absolute atomic E-state index is 0.122. The molecule has 0 spiro atoms. The van der Waals surface area contributed by atoms with E-state index in [0.717, 1.165) is 44.6 Å². The molecule has 4 rings (SSSR count). The Bertz CT molecular complexity index is 649. The van der Waals surface area contributed by atoms with Crippen molar-refractivity contribution in [3.63, 3.8) is 0 Å². The molecule has 1 atom stereocenters. The van der Waals surface area contributed by atoms with Crippen molar-refractivity contribution in [3.05, 3.63) is 22.1 Å². The number of carbonyl (C=O) groups is 1. The SMILES string of the molecule is O=C(C1CC1)N1CC[C@H](c2cc(=O)[nH]c(N3CCOCC3)n2)C1. The molecule has 1 aromatic rings. The third-order valence-corrected chi connectivity index (χ3v) is 4.90. The van der Waals surface area contributed by atoms with E-state index in [1.54, 1.807) is 6.07 Å². The van der Waals surface area contributed by atoms with Gasteiger partial charge in [-0.2, -0.15) is 0 Å². The average Bonchev–Trinajstić information content (AvgIpc) is 3.31. The van der Waals surface area contributed by atoms with Crippen molar-refractivity contribution in [2.24, 2.45) is 5.92 Å². The van der Waals surface area contributed by atoms with E-state index in [9.17, 15) is 9.59 Å². The van der Waals surface area contributed by atoms with Crippen molar-refractivity contribution in [2.45, 2.75) is 25.2 Å². The monoisotopic (exact) mass is 318 g/mol. The summed E-state index contributed by atoms with van der Waals surface area (Å²) in [5.41, 5.74) is 0.685. The number of carbonyl (C=O) groups excluding carboxylic acids is 1. The fourth-order valence-electron chi connectivity index (χ4n) is 3.39. The molecule has 0 aromatic carbocycles. The molecule has 0 bridgehead atoms. The summed E-state index contributed by atoms with van der Waals surface area (Å²) in [6.45, 7) is 4.25. The third-order valence-electron chi connectivity index (χ3n) is 4.90. The van der Waals surface area contributed by atoms with E-state index in [0.29, 0.717) is 25.7 Å². The van der Waals surface area contributed by atoms with Crippen molar-refractivity contribution < 1.29 is 9.53 Å². The lowest BCUT2D eigenvalue weighted by Crippen LogP contribution is -2.38. The van der Waals surface area contributed by atoms with E-state index in [1.807, 2.05) is 4.90 Å². The van der Waals surface area contributed by atoms with Crippen LogP contribution >= 0.6 is 0 Å². The number of hydrogen-bond donors (Lipinski definition) is 1. The zero-order valence-electron chi connectivity index (χ0n) is 13.2. The van der Waals surface area contributed by atoms with Crippen LogP contribution in [0.2, 0.25) is 0 Å². The number of ether oxygens (including phenoxy) is 1. The second kappa shape index (κ2) is 5.96. The van der Waals surface area contributed by atoms with Gasteiger partial charge in [-0.1, -0.05) is 0 Å². The highest BCUT2D eigenvalue weighted by Crippen LogP contribution is 2.34. The van der Waals surface area contributed by atoms with Gasteiger partial charge in [-0.05, 0) is 19.3 Å². The Morgan fingerprint density at radius 2 is 2.00 bits per heavy atom. The third kappa shape index (κ3) is 3.10. The molecule has 3 aliphatic rings. The second-order valence-corrected chi connectivity index (χ2v) is 6.64. The lowest BCUT2D eigenvalue weighted by atomic mass is 10.1. The second-order valence-electron chi connectivity index (χ2n) is 6.64. The van der Waals surface area contributed by atoms with Gasteiger partial charge in [0.25, 0.3) is 5.56 Å². The molecule has 2 saturated heterocycles. The standard InChI is InChI=1S/C16H22N4O3/c21-14-9-13(17-16(18-14)19-5-7-23-8-6-19)12-3-4-20(10-12)15(22)11-1-2-11/h9,11-12H,1-8,10H2,(H,17,18,21)/t12-/m0/s1. The number of anilines is 1. The van der Waals surface area contributed by atoms with E-state index < -0.39 is 0 Å². The van der Waals surface area contributed by atoms with Gasteiger partial charge in [0.1, 0.15) is 0 Å². The molecule has 124 valence electrons. The van der Waals surface area contributed by atoms with Crippen LogP contribution < -0.4 is 10.5 Å². The first-order valence-corrected chi connectivity index (χ1v) is 8.43. The van der Waals surface area contributed by atoms with Crippen molar-refractivity contribution in [1.29, 1.82) is 0 Å². The van der Waals surface area contributed by atoms with Crippen LogP contribution in [0.4, 0.5) is 5.95 Å². The van der Waals surface area contributed by atoms with Gasteiger partial charge in [0.2, 0.25) is 11.9 Å². The van der Waals surface area contributed by atoms with Gasteiger partial charge < -0.3 is 14.5 Å². The first kappa shape index (κ1) is 14.7. The highest BCUT2D eigenvalue weighted by Gasteiger charge is 2.37. The maximum atomic E-state index is 12.2. The summed E-state index contributed by atoms with van der Waals surface area (Å²) in [6.07, 6.45) is 2.95. The molecule has 0 radical (unpaired) electrons. The first-order chi connectivity index (χ1) is 11.2. The summed E-state index contributed by atoms with van der Waals surface area (Å²) in [7, 11) is 0. The molecule has 1 amide bonds. The van der Waals surface area contributed by atoms with Crippen LogP contribution in [0, 0.1) is 5.92 Å². The van der Waals surface area contributed by atoms with E-state index in [2.05, 4.69) is 14.9 Å².